The van der Waals surface area contributed by atoms with Gasteiger partial charge in [0.1, 0.15) is 0 Å². The number of nitrogens with one attached hydrogen (secondary N) is 1. The van der Waals surface area contributed by atoms with E-state index in [1.807, 2.05) is 37.4 Å². The summed E-state index contributed by atoms with van der Waals surface area (Å²) in [5.74, 6) is 6.10. The van der Waals surface area contributed by atoms with Crippen LogP contribution in [0, 0.1) is 6.92 Å². The number of hydrazine groups is 1. The summed E-state index contributed by atoms with van der Waals surface area (Å²) in [6.45, 7) is 2.01. The summed E-state index contributed by atoms with van der Waals surface area (Å²) in [5, 5.41) is 0.792. The van der Waals surface area contributed by atoms with Crippen LogP contribution in [0.15, 0.2) is 36.5 Å². The van der Waals surface area contributed by atoms with Crippen LogP contribution in [-0.2, 0) is 6.42 Å². The second kappa shape index (κ2) is 5.52. The zero-order valence-electron chi connectivity index (χ0n) is 11.4. The fourth-order valence-corrected chi connectivity index (χ4v) is 3.34. The minimum absolute atomic E-state index is 0.00134. The van der Waals surface area contributed by atoms with Crippen molar-refractivity contribution in [1.29, 1.82) is 0 Å². The zero-order chi connectivity index (χ0) is 14.1. The molecular weight excluding hydrogens is 270 g/mol. The number of nitrogens with zero attached hydrogens (tertiary/aromatic N) is 1. The van der Waals surface area contributed by atoms with Crippen molar-refractivity contribution in [2.24, 2.45) is 5.84 Å². The number of hydrogen-bond acceptors (Lipinski definition) is 3. The summed E-state index contributed by atoms with van der Waals surface area (Å²) in [4.78, 5) is 4.55. The first-order chi connectivity index (χ1) is 9.72. The van der Waals surface area contributed by atoms with E-state index in [-0.39, 0.29) is 12.0 Å². The summed E-state index contributed by atoms with van der Waals surface area (Å²) < 4.78 is 0. The van der Waals surface area contributed by atoms with Crippen LogP contribution in [0.25, 0.3) is 0 Å². The third kappa shape index (κ3) is 2.22. The number of pyridine rings is 1. The van der Waals surface area contributed by atoms with Gasteiger partial charge in [-0.1, -0.05) is 35.9 Å². The van der Waals surface area contributed by atoms with Crippen molar-refractivity contribution in [3.05, 3.63) is 63.9 Å². The monoisotopic (exact) mass is 287 g/mol. The molecule has 0 amide bonds. The molecule has 1 aromatic heterocycles. The maximum Gasteiger partial charge on any atom is 0.0558 e. The summed E-state index contributed by atoms with van der Waals surface area (Å²) in [7, 11) is 0. The lowest BCUT2D eigenvalue weighted by atomic mass is 9.90. The second-order valence-corrected chi connectivity index (χ2v) is 5.69. The van der Waals surface area contributed by atoms with Crippen LogP contribution < -0.4 is 11.3 Å². The van der Waals surface area contributed by atoms with E-state index < -0.39 is 0 Å². The summed E-state index contributed by atoms with van der Waals surface area (Å²) in [6.07, 6.45) is 3.95. The van der Waals surface area contributed by atoms with E-state index in [1.165, 1.54) is 5.56 Å². The van der Waals surface area contributed by atoms with Gasteiger partial charge in [-0.05, 0) is 42.5 Å². The van der Waals surface area contributed by atoms with Gasteiger partial charge in [-0.15, -0.1) is 0 Å². The molecule has 0 saturated heterocycles. The van der Waals surface area contributed by atoms with Crippen LogP contribution in [-0.4, -0.2) is 4.98 Å². The molecule has 20 heavy (non-hydrogen) atoms. The van der Waals surface area contributed by atoms with Gasteiger partial charge in [0.25, 0.3) is 0 Å². The minimum Gasteiger partial charge on any atom is -0.271 e. The lowest BCUT2D eigenvalue weighted by Crippen LogP contribution is -2.32. The first kappa shape index (κ1) is 13.6. The molecule has 0 bridgehead atoms. The average Bonchev–Trinajstić information content (AvgIpc) is 2.88. The smallest absolute Gasteiger partial charge is 0.0558 e. The molecule has 0 fully saturated rings. The van der Waals surface area contributed by atoms with Crippen molar-refractivity contribution >= 4 is 11.6 Å². The molecule has 0 spiro atoms. The van der Waals surface area contributed by atoms with Crippen LogP contribution >= 0.6 is 11.6 Å². The van der Waals surface area contributed by atoms with Crippen molar-refractivity contribution in [3.63, 3.8) is 0 Å². The van der Waals surface area contributed by atoms with E-state index in [4.69, 9.17) is 17.4 Å². The average molecular weight is 288 g/mol. The Kier molecular flexibility index (Phi) is 3.74. The number of rotatable bonds is 3. The van der Waals surface area contributed by atoms with Crippen molar-refractivity contribution in [2.75, 3.05) is 0 Å². The summed E-state index contributed by atoms with van der Waals surface area (Å²) in [5.41, 5.74) is 7.54. The number of halogens is 1. The molecule has 2 aromatic rings. The first-order valence-electron chi connectivity index (χ1n) is 6.87. The maximum absolute atomic E-state index is 6.46. The van der Waals surface area contributed by atoms with Gasteiger partial charge in [0.05, 0.1) is 6.04 Å². The Morgan fingerprint density at radius 3 is 3.00 bits per heavy atom. The van der Waals surface area contributed by atoms with E-state index in [0.717, 1.165) is 34.7 Å². The highest BCUT2D eigenvalue weighted by Crippen LogP contribution is 2.42. The molecule has 4 heteroatoms. The van der Waals surface area contributed by atoms with Crippen LogP contribution in [0.4, 0.5) is 0 Å². The van der Waals surface area contributed by atoms with E-state index in [9.17, 15) is 0 Å². The molecule has 2 atom stereocenters. The first-order valence-corrected chi connectivity index (χ1v) is 7.25. The number of fused-ring (bicyclic) bond motifs is 1. The molecule has 1 aliphatic rings. The Bertz CT molecular complexity index is 627. The Morgan fingerprint density at radius 2 is 2.20 bits per heavy atom. The second-order valence-electron chi connectivity index (χ2n) is 5.32. The Labute approximate surface area is 124 Å². The van der Waals surface area contributed by atoms with Crippen LogP contribution in [0.5, 0.6) is 0 Å². The molecular formula is C16H18ClN3. The number of hydrogen-bond donors (Lipinski definition) is 2. The van der Waals surface area contributed by atoms with Crippen LogP contribution in [0.2, 0.25) is 5.02 Å². The molecule has 1 aliphatic carbocycles. The maximum atomic E-state index is 6.46. The van der Waals surface area contributed by atoms with Gasteiger partial charge in [0.15, 0.2) is 0 Å². The number of aromatic nitrogens is 1. The number of aryl methyl sites for hydroxylation is 2. The standard InChI is InChI=1S/C16H18ClN3/c1-10-4-2-6-12(14(10)17)16(20-18)13-8-7-11-5-3-9-19-15(11)13/h2-6,9,13,16,20H,7-8,18H2,1H3. The Balaban J connectivity index is 2.02. The lowest BCUT2D eigenvalue weighted by molar-refractivity contribution is 0.447. The molecule has 0 saturated carbocycles. The number of benzene rings is 1. The van der Waals surface area contributed by atoms with Gasteiger partial charge >= 0.3 is 0 Å². The lowest BCUT2D eigenvalue weighted by Gasteiger charge is -2.25. The van der Waals surface area contributed by atoms with Gasteiger partial charge in [-0.2, -0.15) is 0 Å². The highest BCUT2D eigenvalue weighted by atomic mass is 35.5. The summed E-state index contributed by atoms with van der Waals surface area (Å²) in [6, 6.07) is 10.2. The zero-order valence-corrected chi connectivity index (χ0v) is 12.2. The fourth-order valence-electron chi connectivity index (χ4n) is 3.10. The largest absolute Gasteiger partial charge is 0.271 e. The van der Waals surface area contributed by atoms with Crippen LogP contribution in [0.3, 0.4) is 0 Å². The van der Waals surface area contributed by atoms with Crippen molar-refractivity contribution in [2.45, 2.75) is 31.7 Å². The third-order valence-electron chi connectivity index (χ3n) is 4.14. The highest BCUT2D eigenvalue weighted by Gasteiger charge is 2.32. The predicted octanol–water partition coefficient (Wildman–Crippen LogP) is 3.28. The van der Waals surface area contributed by atoms with E-state index in [2.05, 4.69) is 16.5 Å². The molecule has 104 valence electrons. The van der Waals surface area contributed by atoms with E-state index in [0.29, 0.717) is 0 Å². The normalized spacial score (nSPS) is 18.9. The van der Waals surface area contributed by atoms with Gasteiger partial charge < -0.3 is 0 Å². The molecule has 0 aliphatic heterocycles. The van der Waals surface area contributed by atoms with E-state index >= 15 is 0 Å². The Morgan fingerprint density at radius 1 is 1.35 bits per heavy atom. The quantitative estimate of drug-likeness (QED) is 0.673. The number of nitrogens with two attached hydrogens (primary N) is 1. The SMILES string of the molecule is Cc1cccc(C(NN)C2CCc3cccnc32)c1Cl. The van der Waals surface area contributed by atoms with E-state index in [1.54, 1.807) is 0 Å². The van der Waals surface area contributed by atoms with Gasteiger partial charge in [-0.3, -0.25) is 16.3 Å². The summed E-state index contributed by atoms with van der Waals surface area (Å²) >= 11 is 6.46. The molecule has 1 heterocycles. The minimum atomic E-state index is -0.00134. The molecule has 3 N–H and O–H groups in total. The molecule has 0 radical (unpaired) electrons. The molecule has 1 aromatic carbocycles. The van der Waals surface area contributed by atoms with Gasteiger partial charge in [-0.25, -0.2) is 0 Å². The van der Waals surface area contributed by atoms with Crippen molar-refractivity contribution < 1.29 is 0 Å². The molecule has 3 rings (SSSR count). The van der Waals surface area contributed by atoms with Crippen molar-refractivity contribution in [1.82, 2.24) is 10.4 Å². The van der Waals surface area contributed by atoms with Crippen LogP contribution in [0.1, 0.15) is 40.8 Å². The third-order valence-corrected chi connectivity index (χ3v) is 4.66. The molecule has 2 unspecified atom stereocenters. The van der Waals surface area contributed by atoms with Crippen molar-refractivity contribution in [3.8, 4) is 0 Å². The highest BCUT2D eigenvalue weighted by molar-refractivity contribution is 6.32. The predicted molar refractivity (Wildman–Crippen MR) is 81.6 cm³/mol. The topological polar surface area (TPSA) is 50.9 Å². The molecule has 3 nitrogen and oxygen atoms in total. The fraction of sp³-hybridized carbons (Fsp3) is 0.312. The van der Waals surface area contributed by atoms with Gasteiger partial charge in [0, 0.05) is 22.8 Å². The Hall–Kier alpha value is -1.42. The van der Waals surface area contributed by atoms with Gasteiger partial charge in [0.2, 0.25) is 0 Å².